The lowest BCUT2D eigenvalue weighted by Gasteiger charge is -2.03. The van der Waals surface area contributed by atoms with Crippen LogP contribution in [0.1, 0.15) is 15.3 Å². The Morgan fingerprint density at radius 2 is 2.43 bits per heavy atom. The van der Waals surface area contributed by atoms with Crippen LogP contribution in [0.2, 0.25) is 0 Å². The van der Waals surface area contributed by atoms with Gasteiger partial charge in [0.2, 0.25) is 0 Å². The lowest BCUT2D eigenvalue weighted by Crippen LogP contribution is -2.32. The molecule has 2 rings (SSSR count). The molecule has 4 heteroatoms. The Kier molecular flexibility index (Phi) is 2.72. The van der Waals surface area contributed by atoms with Crippen LogP contribution in [-0.2, 0) is 6.54 Å². The van der Waals surface area contributed by atoms with Gasteiger partial charge in [-0.15, -0.1) is 11.3 Å². The molecule has 0 amide bonds. The van der Waals surface area contributed by atoms with Crippen LogP contribution in [0.5, 0.6) is 0 Å². The zero-order valence-electron chi connectivity index (χ0n) is 8.55. The van der Waals surface area contributed by atoms with Crippen LogP contribution in [0.3, 0.4) is 0 Å². The average Bonchev–Trinajstić information content (AvgIpc) is 2.74. The molecule has 3 nitrogen and oxygen atoms in total. The largest absolute Gasteiger partial charge is 0.355 e. The summed E-state index contributed by atoms with van der Waals surface area (Å²) in [6, 6.07) is 2.24. The average molecular weight is 209 g/mol. The Labute approximate surface area is 88.3 Å². The molecule has 76 valence electrons. The van der Waals surface area contributed by atoms with Crippen molar-refractivity contribution in [3.05, 3.63) is 21.4 Å². The fourth-order valence-corrected chi connectivity index (χ4v) is 2.42. The molecule has 0 spiro atoms. The molecule has 0 saturated heterocycles. The van der Waals surface area contributed by atoms with E-state index >= 15 is 0 Å². The van der Waals surface area contributed by atoms with Crippen molar-refractivity contribution in [1.29, 1.82) is 0 Å². The fourth-order valence-electron chi connectivity index (χ4n) is 1.42. The van der Waals surface area contributed by atoms with Crippen molar-refractivity contribution in [3.8, 4) is 0 Å². The molecule has 0 bridgehead atoms. The molecule has 2 heterocycles. The second-order valence-electron chi connectivity index (χ2n) is 3.46. The van der Waals surface area contributed by atoms with Gasteiger partial charge < -0.3 is 10.6 Å². The molecule has 1 aromatic heterocycles. The molecular weight excluding hydrogens is 194 g/mol. The van der Waals surface area contributed by atoms with Crippen molar-refractivity contribution in [3.63, 3.8) is 0 Å². The fraction of sp³-hybridized carbons (Fsp3) is 0.500. The molecule has 0 saturated carbocycles. The second kappa shape index (κ2) is 4.00. The highest BCUT2D eigenvalue weighted by Crippen LogP contribution is 2.20. The highest BCUT2D eigenvalue weighted by Gasteiger charge is 2.05. The summed E-state index contributed by atoms with van der Waals surface area (Å²) in [5.41, 5.74) is 1.38. The predicted molar refractivity (Wildman–Crippen MR) is 60.9 cm³/mol. The summed E-state index contributed by atoms with van der Waals surface area (Å²) in [5, 5.41) is 6.48. The molecule has 0 aliphatic carbocycles. The third-order valence-corrected chi connectivity index (χ3v) is 3.47. The van der Waals surface area contributed by atoms with Gasteiger partial charge in [-0.3, -0.25) is 4.99 Å². The van der Waals surface area contributed by atoms with Crippen LogP contribution in [0.4, 0.5) is 0 Å². The van der Waals surface area contributed by atoms with Gasteiger partial charge in [0.1, 0.15) is 0 Å². The molecule has 1 aliphatic rings. The number of nitrogens with zero attached hydrogens (tertiary/aromatic N) is 1. The minimum absolute atomic E-state index is 0.880. The standard InChI is InChI=1S/C10H15N3S/c1-7-5-9(14-8(7)2)6-13-10-11-3-4-12-10/h5H,3-4,6H2,1-2H3,(H2,11,12,13). The van der Waals surface area contributed by atoms with E-state index in [1.807, 2.05) is 11.3 Å². The number of nitrogens with one attached hydrogen (secondary N) is 2. The first-order chi connectivity index (χ1) is 6.75. The van der Waals surface area contributed by atoms with Crippen LogP contribution in [0.15, 0.2) is 11.1 Å². The summed E-state index contributed by atoms with van der Waals surface area (Å²) < 4.78 is 0. The van der Waals surface area contributed by atoms with Crippen molar-refractivity contribution in [2.45, 2.75) is 20.4 Å². The Bertz CT molecular complexity index is 335. The first kappa shape index (κ1) is 9.52. The summed E-state index contributed by atoms with van der Waals surface area (Å²) in [7, 11) is 0. The van der Waals surface area contributed by atoms with Crippen LogP contribution in [0.25, 0.3) is 0 Å². The van der Waals surface area contributed by atoms with Crippen molar-refractivity contribution >= 4 is 17.3 Å². The van der Waals surface area contributed by atoms with Gasteiger partial charge >= 0.3 is 0 Å². The highest BCUT2D eigenvalue weighted by molar-refractivity contribution is 7.12. The van der Waals surface area contributed by atoms with Gasteiger partial charge in [-0.25, -0.2) is 0 Å². The first-order valence-corrected chi connectivity index (χ1v) is 5.65. The van der Waals surface area contributed by atoms with E-state index in [1.54, 1.807) is 0 Å². The van der Waals surface area contributed by atoms with E-state index in [0.717, 1.165) is 25.6 Å². The lowest BCUT2D eigenvalue weighted by atomic mass is 10.3. The normalized spacial score (nSPS) is 15.1. The van der Waals surface area contributed by atoms with Crippen molar-refractivity contribution in [2.24, 2.45) is 4.99 Å². The maximum atomic E-state index is 4.28. The summed E-state index contributed by atoms with van der Waals surface area (Å²) >= 11 is 1.85. The minimum atomic E-state index is 0.880. The molecule has 2 N–H and O–H groups in total. The molecule has 0 aromatic carbocycles. The highest BCUT2D eigenvalue weighted by atomic mass is 32.1. The monoisotopic (exact) mass is 209 g/mol. The Morgan fingerprint density at radius 1 is 1.57 bits per heavy atom. The molecule has 1 aromatic rings. The van der Waals surface area contributed by atoms with E-state index in [-0.39, 0.29) is 0 Å². The van der Waals surface area contributed by atoms with E-state index < -0.39 is 0 Å². The van der Waals surface area contributed by atoms with Crippen LogP contribution < -0.4 is 10.6 Å². The van der Waals surface area contributed by atoms with Gasteiger partial charge in [0.05, 0.1) is 13.1 Å². The summed E-state index contributed by atoms with van der Waals surface area (Å²) in [5.74, 6) is 0.939. The van der Waals surface area contributed by atoms with Crippen LogP contribution in [-0.4, -0.2) is 19.0 Å². The lowest BCUT2D eigenvalue weighted by molar-refractivity contribution is 0.878. The molecule has 0 unspecified atom stereocenters. The van der Waals surface area contributed by atoms with Crippen LogP contribution in [0, 0.1) is 13.8 Å². The van der Waals surface area contributed by atoms with E-state index in [0.29, 0.717) is 0 Å². The van der Waals surface area contributed by atoms with Gasteiger partial charge in [-0.2, -0.15) is 0 Å². The number of thiophene rings is 1. The van der Waals surface area contributed by atoms with Gasteiger partial charge in [-0.1, -0.05) is 0 Å². The Morgan fingerprint density at radius 3 is 3.00 bits per heavy atom. The number of hydrogen-bond acceptors (Lipinski definition) is 4. The zero-order chi connectivity index (χ0) is 9.97. The SMILES string of the molecule is Cc1cc(CNC2=NCCN2)sc1C. The maximum absolute atomic E-state index is 4.28. The van der Waals surface area contributed by atoms with Gasteiger partial charge in [0.25, 0.3) is 0 Å². The predicted octanol–water partition coefficient (Wildman–Crippen LogP) is 1.41. The van der Waals surface area contributed by atoms with E-state index in [4.69, 9.17) is 0 Å². The third-order valence-electron chi connectivity index (χ3n) is 2.32. The number of rotatable bonds is 2. The second-order valence-corrected chi connectivity index (χ2v) is 4.80. The van der Waals surface area contributed by atoms with Gasteiger partial charge in [0, 0.05) is 16.3 Å². The van der Waals surface area contributed by atoms with Gasteiger partial charge in [0.15, 0.2) is 5.96 Å². The van der Waals surface area contributed by atoms with E-state index in [2.05, 4.69) is 35.5 Å². The number of aliphatic imine (C=N–C) groups is 1. The number of guanidine groups is 1. The molecule has 0 atom stereocenters. The number of hydrogen-bond donors (Lipinski definition) is 2. The molecule has 1 aliphatic heterocycles. The summed E-state index contributed by atoms with van der Waals surface area (Å²) in [6.07, 6.45) is 0. The third kappa shape index (κ3) is 2.07. The quantitative estimate of drug-likeness (QED) is 0.772. The maximum Gasteiger partial charge on any atom is 0.191 e. The first-order valence-electron chi connectivity index (χ1n) is 4.84. The molecule has 0 fully saturated rings. The smallest absolute Gasteiger partial charge is 0.191 e. The topological polar surface area (TPSA) is 36.4 Å². The minimum Gasteiger partial charge on any atom is -0.355 e. The van der Waals surface area contributed by atoms with Crippen molar-refractivity contribution < 1.29 is 0 Å². The zero-order valence-corrected chi connectivity index (χ0v) is 9.37. The Hall–Kier alpha value is -1.03. The van der Waals surface area contributed by atoms with Crippen molar-refractivity contribution in [2.75, 3.05) is 13.1 Å². The molecule has 0 radical (unpaired) electrons. The summed E-state index contributed by atoms with van der Waals surface area (Å²) in [6.45, 7) is 7.05. The van der Waals surface area contributed by atoms with Crippen molar-refractivity contribution in [1.82, 2.24) is 10.6 Å². The Balaban J connectivity index is 1.91. The number of aryl methyl sites for hydroxylation is 2. The van der Waals surface area contributed by atoms with E-state index in [1.165, 1.54) is 15.3 Å². The summed E-state index contributed by atoms with van der Waals surface area (Å²) in [4.78, 5) is 7.06. The molecule has 14 heavy (non-hydrogen) atoms. The van der Waals surface area contributed by atoms with Crippen LogP contribution >= 0.6 is 11.3 Å². The van der Waals surface area contributed by atoms with Gasteiger partial charge in [-0.05, 0) is 25.5 Å². The molecular formula is C10H15N3S. The van der Waals surface area contributed by atoms with E-state index in [9.17, 15) is 0 Å².